The molecule has 0 fully saturated rings. The highest BCUT2D eigenvalue weighted by atomic mass is 32.1. The van der Waals surface area contributed by atoms with Crippen LogP contribution in [0.5, 0.6) is 0 Å². The summed E-state index contributed by atoms with van der Waals surface area (Å²) in [7, 11) is 0. The van der Waals surface area contributed by atoms with E-state index in [0.717, 1.165) is 22.3 Å². The van der Waals surface area contributed by atoms with Gasteiger partial charge < -0.3 is 0 Å². The average Bonchev–Trinajstić information content (AvgIpc) is 3.13. The van der Waals surface area contributed by atoms with Gasteiger partial charge in [-0.3, -0.25) is 9.48 Å². The zero-order valence-corrected chi connectivity index (χ0v) is 14.5. The highest BCUT2D eigenvalue weighted by Crippen LogP contribution is 2.24. The first-order valence-corrected chi connectivity index (χ1v) is 8.77. The van der Waals surface area contributed by atoms with E-state index < -0.39 is 0 Å². The summed E-state index contributed by atoms with van der Waals surface area (Å²) in [6.45, 7) is 6.34. The number of aromatic nitrogens is 3. The number of hydrogen-bond acceptors (Lipinski definition) is 4. The fourth-order valence-corrected chi connectivity index (χ4v) is 3.39. The molecule has 3 aromatic rings. The maximum Gasteiger partial charge on any atom is 0.164 e. The topological polar surface area (TPSA) is 47.8 Å². The lowest BCUT2D eigenvalue weighted by Gasteiger charge is -2.18. The van der Waals surface area contributed by atoms with Crippen molar-refractivity contribution in [1.29, 1.82) is 0 Å². The summed E-state index contributed by atoms with van der Waals surface area (Å²) < 4.78 is 1.85. The second-order valence-electron chi connectivity index (χ2n) is 6.39. The quantitative estimate of drug-likeness (QED) is 0.681. The van der Waals surface area contributed by atoms with Crippen LogP contribution in [0.1, 0.15) is 36.9 Å². The molecule has 0 saturated carbocycles. The van der Waals surface area contributed by atoms with Gasteiger partial charge in [0.2, 0.25) is 0 Å². The van der Waals surface area contributed by atoms with Gasteiger partial charge in [-0.25, -0.2) is 4.98 Å². The minimum absolute atomic E-state index is 0.179. The predicted molar refractivity (Wildman–Crippen MR) is 93.8 cm³/mol. The number of rotatable bonds is 6. The van der Waals surface area contributed by atoms with Crippen LogP contribution >= 0.6 is 11.3 Å². The summed E-state index contributed by atoms with van der Waals surface area (Å²) in [4.78, 5) is 17.0. The van der Waals surface area contributed by atoms with E-state index in [2.05, 4.69) is 43.0 Å². The molecule has 120 valence electrons. The summed E-state index contributed by atoms with van der Waals surface area (Å²) in [5.41, 5.74) is 2.14. The third-order valence-corrected chi connectivity index (χ3v) is 4.65. The van der Waals surface area contributed by atoms with Gasteiger partial charge >= 0.3 is 0 Å². The SMILES string of the molecule is Cc1ccc2nn(C(CC(C)C)C(=O)Cc3nccs3)cc2c1. The van der Waals surface area contributed by atoms with Crippen LogP contribution in [0.25, 0.3) is 10.9 Å². The van der Waals surface area contributed by atoms with E-state index in [1.165, 1.54) is 16.9 Å². The first-order chi connectivity index (χ1) is 11.0. The number of nitrogens with zero attached hydrogens (tertiary/aromatic N) is 3. The highest BCUT2D eigenvalue weighted by Gasteiger charge is 2.23. The number of carbonyl (C=O) groups excluding carboxylic acids is 1. The molecule has 0 spiro atoms. The van der Waals surface area contributed by atoms with E-state index in [-0.39, 0.29) is 11.8 Å². The molecule has 0 aliphatic rings. The van der Waals surface area contributed by atoms with E-state index >= 15 is 0 Å². The number of thiazole rings is 1. The molecule has 0 amide bonds. The molecular weight excluding hydrogens is 306 g/mol. The number of carbonyl (C=O) groups is 1. The Hall–Kier alpha value is -2.01. The highest BCUT2D eigenvalue weighted by molar-refractivity contribution is 7.09. The maximum absolute atomic E-state index is 12.8. The number of hydrogen-bond donors (Lipinski definition) is 0. The van der Waals surface area contributed by atoms with Crippen molar-refractivity contribution >= 4 is 28.0 Å². The summed E-state index contributed by atoms with van der Waals surface area (Å²) >= 11 is 1.53. The number of fused-ring (bicyclic) bond motifs is 1. The van der Waals surface area contributed by atoms with Crippen molar-refractivity contribution in [1.82, 2.24) is 14.8 Å². The normalized spacial score (nSPS) is 12.9. The van der Waals surface area contributed by atoms with Crippen molar-refractivity contribution in [3.8, 4) is 0 Å². The second kappa shape index (κ2) is 6.62. The standard InChI is InChI=1S/C18H21N3OS/c1-12(2)8-16(17(22)10-18-19-6-7-23-18)21-11-14-9-13(3)4-5-15(14)20-21/h4-7,9,11-12,16H,8,10H2,1-3H3. The van der Waals surface area contributed by atoms with Crippen LogP contribution in [0.4, 0.5) is 0 Å². The van der Waals surface area contributed by atoms with Crippen LogP contribution in [0, 0.1) is 12.8 Å². The Morgan fingerprint density at radius 2 is 2.17 bits per heavy atom. The van der Waals surface area contributed by atoms with Gasteiger partial charge in [-0.05, 0) is 31.4 Å². The third kappa shape index (κ3) is 3.67. The minimum Gasteiger partial charge on any atom is -0.297 e. The molecule has 4 nitrogen and oxygen atoms in total. The van der Waals surface area contributed by atoms with Gasteiger partial charge in [-0.2, -0.15) is 5.10 Å². The fraction of sp³-hybridized carbons (Fsp3) is 0.389. The molecule has 23 heavy (non-hydrogen) atoms. The number of Topliss-reactive ketones (excluding diaryl/α,β-unsaturated/α-hetero) is 1. The zero-order chi connectivity index (χ0) is 16.4. The van der Waals surface area contributed by atoms with Gasteiger partial charge in [0, 0.05) is 23.2 Å². The fourth-order valence-electron chi connectivity index (χ4n) is 2.76. The van der Waals surface area contributed by atoms with Crippen LogP contribution in [-0.2, 0) is 11.2 Å². The third-order valence-electron chi connectivity index (χ3n) is 3.87. The predicted octanol–water partition coefficient (Wildman–Crippen LogP) is 4.20. The van der Waals surface area contributed by atoms with E-state index in [1.807, 2.05) is 22.3 Å². The molecular formula is C18H21N3OS. The van der Waals surface area contributed by atoms with Crippen molar-refractivity contribution < 1.29 is 4.79 Å². The lowest BCUT2D eigenvalue weighted by atomic mass is 9.99. The minimum atomic E-state index is -0.230. The van der Waals surface area contributed by atoms with Crippen LogP contribution in [0.15, 0.2) is 36.0 Å². The molecule has 5 heteroatoms. The molecule has 0 aliphatic carbocycles. The van der Waals surface area contributed by atoms with Gasteiger partial charge in [0.25, 0.3) is 0 Å². The van der Waals surface area contributed by atoms with Gasteiger partial charge in [-0.1, -0.05) is 25.5 Å². The average molecular weight is 327 g/mol. The van der Waals surface area contributed by atoms with Gasteiger partial charge in [0.1, 0.15) is 6.04 Å². The molecule has 0 radical (unpaired) electrons. The lowest BCUT2D eigenvalue weighted by molar-refractivity contribution is -0.122. The van der Waals surface area contributed by atoms with E-state index in [4.69, 9.17) is 0 Å². The van der Waals surface area contributed by atoms with E-state index in [0.29, 0.717) is 12.3 Å². The van der Waals surface area contributed by atoms with Crippen LogP contribution in [0.3, 0.4) is 0 Å². The summed E-state index contributed by atoms with van der Waals surface area (Å²) in [5.74, 6) is 0.604. The Kier molecular flexibility index (Phi) is 4.57. The van der Waals surface area contributed by atoms with Crippen molar-refractivity contribution in [3.63, 3.8) is 0 Å². The van der Waals surface area contributed by atoms with Gasteiger partial charge in [0.05, 0.1) is 16.9 Å². The first kappa shape index (κ1) is 15.9. The van der Waals surface area contributed by atoms with E-state index in [1.54, 1.807) is 6.20 Å². The summed E-state index contributed by atoms with van der Waals surface area (Å²) in [6, 6.07) is 5.94. The zero-order valence-electron chi connectivity index (χ0n) is 13.7. The Labute approximate surface area is 140 Å². The van der Waals surface area contributed by atoms with Gasteiger partial charge in [-0.15, -0.1) is 11.3 Å². The molecule has 0 N–H and O–H groups in total. The molecule has 0 bridgehead atoms. The molecule has 0 aliphatic heterocycles. The van der Waals surface area contributed by atoms with Crippen molar-refractivity contribution in [2.45, 2.75) is 39.7 Å². The van der Waals surface area contributed by atoms with Crippen molar-refractivity contribution in [2.75, 3.05) is 0 Å². The first-order valence-electron chi connectivity index (χ1n) is 7.89. The molecule has 1 atom stereocenters. The molecule has 1 unspecified atom stereocenters. The monoisotopic (exact) mass is 327 g/mol. The smallest absolute Gasteiger partial charge is 0.164 e. The maximum atomic E-state index is 12.8. The Morgan fingerprint density at radius 3 is 2.87 bits per heavy atom. The molecule has 2 aromatic heterocycles. The van der Waals surface area contributed by atoms with Crippen molar-refractivity contribution in [3.05, 3.63) is 46.5 Å². The molecule has 0 saturated heterocycles. The van der Waals surface area contributed by atoms with Gasteiger partial charge in [0.15, 0.2) is 5.78 Å². The molecule has 3 rings (SSSR count). The summed E-state index contributed by atoms with van der Waals surface area (Å²) in [5, 5.41) is 8.50. The number of benzene rings is 1. The Morgan fingerprint density at radius 1 is 1.35 bits per heavy atom. The molecule has 1 aromatic carbocycles. The summed E-state index contributed by atoms with van der Waals surface area (Å²) in [6.07, 6.45) is 4.91. The Balaban J connectivity index is 1.91. The van der Waals surface area contributed by atoms with Crippen LogP contribution in [-0.4, -0.2) is 20.5 Å². The van der Waals surface area contributed by atoms with Crippen LogP contribution < -0.4 is 0 Å². The second-order valence-corrected chi connectivity index (χ2v) is 7.36. The lowest BCUT2D eigenvalue weighted by Crippen LogP contribution is -2.23. The van der Waals surface area contributed by atoms with Crippen molar-refractivity contribution in [2.24, 2.45) is 5.92 Å². The number of aryl methyl sites for hydroxylation is 1. The largest absolute Gasteiger partial charge is 0.297 e. The molecule has 2 heterocycles. The Bertz CT molecular complexity index is 805. The van der Waals surface area contributed by atoms with Crippen LogP contribution in [0.2, 0.25) is 0 Å². The number of ketones is 1. The van der Waals surface area contributed by atoms with E-state index in [9.17, 15) is 4.79 Å².